The lowest BCUT2D eigenvalue weighted by molar-refractivity contribution is -0.137. The quantitative estimate of drug-likeness (QED) is 0.590. The number of amides is 2. The van der Waals surface area contributed by atoms with E-state index in [0.29, 0.717) is 50.8 Å². The van der Waals surface area contributed by atoms with Gasteiger partial charge in [0, 0.05) is 63.2 Å². The maximum Gasteiger partial charge on any atom is 0.336 e. The lowest BCUT2D eigenvalue weighted by atomic mass is 9.94. The maximum absolute atomic E-state index is 13.2. The van der Waals surface area contributed by atoms with Crippen LogP contribution in [0.1, 0.15) is 51.0 Å². The second-order valence-corrected chi connectivity index (χ2v) is 10.0. The molecule has 2 aliphatic heterocycles. The molecule has 35 heavy (non-hydrogen) atoms. The zero-order chi connectivity index (χ0) is 24.4. The van der Waals surface area contributed by atoms with Gasteiger partial charge in [-0.05, 0) is 43.5 Å². The van der Waals surface area contributed by atoms with E-state index in [4.69, 9.17) is 9.15 Å². The van der Waals surface area contributed by atoms with Crippen molar-refractivity contribution in [1.82, 2.24) is 14.7 Å². The van der Waals surface area contributed by atoms with Crippen LogP contribution in [0.5, 0.6) is 5.75 Å². The summed E-state index contributed by atoms with van der Waals surface area (Å²) in [5.74, 6) is 0.799. The third-order valence-corrected chi connectivity index (χ3v) is 7.71. The summed E-state index contributed by atoms with van der Waals surface area (Å²) in [7, 11) is 0. The molecule has 1 aromatic carbocycles. The molecule has 2 saturated heterocycles. The Hall–Kier alpha value is -2.87. The van der Waals surface area contributed by atoms with Crippen LogP contribution in [0.4, 0.5) is 0 Å². The van der Waals surface area contributed by atoms with Crippen LogP contribution < -0.4 is 10.4 Å². The molecule has 1 saturated carbocycles. The average molecular weight is 482 g/mol. The average Bonchev–Trinajstić information content (AvgIpc) is 3.26. The third-order valence-electron chi connectivity index (χ3n) is 7.71. The number of likely N-dealkylation sites (tertiary alicyclic amines) is 1. The number of nitrogens with zero attached hydrogens (tertiary/aromatic N) is 3. The van der Waals surface area contributed by atoms with Crippen molar-refractivity contribution < 1.29 is 18.7 Å². The van der Waals surface area contributed by atoms with Crippen molar-refractivity contribution >= 4 is 22.8 Å². The van der Waals surface area contributed by atoms with Crippen LogP contribution >= 0.6 is 0 Å². The second kappa shape index (κ2) is 10.4. The Bertz CT molecular complexity index is 1130. The summed E-state index contributed by atoms with van der Waals surface area (Å²) >= 11 is 0. The van der Waals surface area contributed by atoms with Gasteiger partial charge < -0.3 is 19.0 Å². The fourth-order valence-corrected chi connectivity index (χ4v) is 5.86. The van der Waals surface area contributed by atoms with Gasteiger partial charge in [-0.1, -0.05) is 19.3 Å². The highest BCUT2D eigenvalue weighted by atomic mass is 16.5. The highest BCUT2D eigenvalue weighted by Gasteiger charge is 2.40. The largest absolute Gasteiger partial charge is 0.494 e. The molecule has 188 valence electrons. The number of hydrogen-bond donors (Lipinski definition) is 0. The van der Waals surface area contributed by atoms with Gasteiger partial charge in [-0.25, -0.2) is 4.79 Å². The molecule has 5 rings (SSSR count). The maximum atomic E-state index is 13.2. The van der Waals surface area contributed by atoms with Crippen molar-refractivity contribution in [3.05, 3.63) is 40.2 Å². The first-order valence-electron chi connectivity index (χ1n) is 13.0. The molecular formula is C27H35N3O5. The molecule has 0 N–H and O–H groups in total. The number of carbonyl (C=O) groups is 2. The van der Waals surface area contributed by atoms with E-state index in [1.54, 1.807) is 12.1 Å². The topological polar surface area (TPSA) is 83.3 Å². The highest BCUT2D eigenvalue weighted by Crippen LogP contribution is 2.30. The Morgan fingerprint density at radius 3 is 2.57 bits per heavy atom. The van der Waals surface area contributed by atoms with E-state index in [1.807, 2.05) is 28.9 Å². The van der Waals surface area contributed by atoms with Crippen molar-refractivity contribution in [2.24, 2.45) is 5.92 Å². The molecule has 0 radical (unpaired) electrons. The summed E-state index contributed by atoms with van der Waals surface area (Å²) in [5, 5.41) is 0.876. The van der Waals surface area contributed by atoms with Gasteiger partial charge in [0.25, 0.3) is 0 Å². The van der Waals surface area contributed by atoms with E-state index >= 15 is 0 Å². The van der Waals surface area contributed by atoms with Gasteiger partial charge in [0.05, 0.1) is 12.5 Å². The number of carbonyl (C=O) groups excluding carboxylic acids is 2. The van der Waals surface area contributed by atoms with Gasteiger partial charge in [0.2, 0.25) is 11.8 Å². The molecule has 1 aromatic heterocycles. The fourth-order valence-electron chi connectivity index (χ4n) is 5.86. The summed E-state index contributed by atoms with van der Waals surface area (Å²) in [6.45, 7) is 6.42. The van der Waals surface area contributed by atoms with Crippen molar-refractivity contribution in [2.75, 3.05) is 39.3 Å². The molecule has 3 aliphatic rings. The zero-order valence-corrected chi connectivity index (χ0v) is 20.5. The minimum atomic E-state index is -0.362. The fraction of sp³-hybridized carbons (Fsp3) is 0.593. The van der Waals surface area contributed by atoms with Crippen molar-refractivity contribution in [2.45, 2.75) is 58.0 Å². The van der Waals surface area contributed by atoms with E-state index in [1.165, 1.54) is 19.3 Å². The molecule has 1 atom stereocenters. The summed E-state index contributed by atoms with van der Waals surface area (Å²) in [4.78, 5) is 44.1. The first-order chi connectivity index (χ1) is 17.0. The molecule has 2 aromatic rings. The van der Waals surface area contributed by atoms with Crippen molar-refractivity contribution in [1.29, 1.82) is 0 Å². The zero-order valence-electron chi connectivity index (χ0n) is 20.5. The lowest BCUT2D eigenvalue weighted by Crippen LogP contribution is -2.50. The van der Waals surface area contributed by atoms with Crippen molar-refractivity contribution in [3.63, 3.8) is 0 Å². The van der Waals surface area contributed by atoms with Crippen LogP contribution in [-0.4, -0.2) is 71.9 Å². The second-order valence-electron chi connectivity index (χ2n) is 10.0. The summed E-state index contributed by atoms with van der Waals surface area (Å²) in [6.07, 6.45) is 6.11. The minimum absolute atomic E-state index is 0.114. The van der Waals surface area contributed by atoms with Crippen LogP contribution in [-0.2, 0) is 16.1 Å². The Balaban J connectivity index is 1.20. The van der Waals surface area contributed by atoms with E-state index in [0.717, 1.165) is 42.6 Å². The van der Waals surface area contributed by atoms with Crippen molar-refractivity contribution in [3.8, 4) is 5.75 Å². The molecule has 8 heteroatoms. The Morgan fingerprint density at radius 1 is 1.06 bits per heavy atom. The molecular weight excluding hydrogens is 446 g/mol. The Morgan fingerprint density at radius 2 is 1.83 bits per heavy atom. The van der Waals surface area contributed by atoms with Gasteiger partial charge in [0.15, 0.2) is 0 Å². The number of piperazine rings is 1. The van der Waals surface area contributed by atoms with E-state index in [2.05, 4.69) is 4.90 Å². The SMILES string of the molecule is CCOc1ccc2oc(=O)cc(CN3CCN(C(=O)C4CC(=O)N(C5CCCCC5)C4)CC3)c2c1. The third kappa shape index (κ3) is 5.22. The lowest BCUT2D eigenvalue weighted by Gasteiger charge is -2.36. The van der Waals surface area contributed by atoms with Gasteiger partial charge in [0.1, 0.15) is 11.3 Å². The highest BCUT2D eigenvalue weighted by molar-refractivity contribution is 5.89. The molecule has 0 spiro atoms. The summed E-state index contributed by atoms with van der Waals surface area (Å²) < 4.78 is 11.0. The number of benzene rings is 1. The van der Waals surface area contributed by atoms with Gasteiger partial charge in [-0.15, -0.1) is 0 Å². The van der Waals surface area contributed by atoms with Crippen LogP contribution in [0.15, 0.2) is 33.5 Å². The van der Waals surface area contributed by atoms with Crippen LogP contribution in [0, 0.1) is 5.92 Å². The van der Waals surface area contributed by atoms with E-state index < -0.39 is 0 Å². The van der Waals surface area contributed by atoms with E-state index in [9.17, 15) is 14.4 Å². The normalized spacial score (nSPS) is 22.2. The van der Waals surface area contributed by atoms with Crippen LogP contribution in [0.2, 0.25) is 0 Å². The van der Waals surface area contributed by atoms with Gasteiger partial charge >= 0.3 is 5.63 Å². The number of hydrogen-bond acceptors (Lipinski definition) is 6. The predicted octanol–water partition coefficient (Wildman–Crippen LogP) is 3.02. The van der Waals surface area contributed by atoms with Gasteiger partial charge in [-0.2, -0.15) is 0 Å². The van der Waals surface area contributed by atoms with Gasteiger partial charge in [-0.3, -0.25) is 14.5 Å². The summed E-state index contributed by atoms with van der Waals surface area (Å²) in [6, 6.07) is 7.39. The first kappa shape index (κ1) is 23.9. The molecule has 1 unspecified atom stereocenters. The first-order valence-corrected chi connectivity index (χ1v) is 13.0. The van der Waals surface area contributed by atoms with Crippen LogP contribution in [0.25, 0.3) is 11.0 Å². The number of fused-ring (bicyclic) bond motifs is 1. The minimum Gasteiger partial charge on any atom is -0.494 e. The molecule has 2 amide bonds. The standard InChI is InChI=1S/C27H35N3O5/c1-2-34-22-8-9-24-23(16-22)19(15-26(32)35-24)17-28-10-12-29(13-11-28)27(33)20-14-25(31)30(18-20)21-6-4-3-5-7-21/h8-9,15-16,20-21H,2-7,10-14,17-18H2,1H3. The number of ether oxygens (including phenoxy) is 1. The Labute approximate surface area is 205 Å². The Kier molecular flexibility index (Phi) is 7.09. The smallest absolute Gasteiger partial charge is 0.336 e. The summed E-state index contributed by atoms with van der Waals surface area (Å²) in [5.41, 5.74) is 1.10. The molecule has 3 heterocycles. The predicted molar refractivity (Wildman–Crippen MR) is 132 cm³/mol. The molecule has 3 fully saturated rings. The molecule has 0 bridgehead atoms. The monoisotopic (exact) mass is 481 g/mol. The van der Waals surface area contributed by atoms with E-state index in [-0.39, 0.29) is 23.4 Å². The van der Waals surface area contributed by atoms with Crippen LogP contribution in [0.3, 0.4) is 0 Å². The number of rotatable bonds is 6. The molecule has 8 nitrogen and oxygen atoms in total. The molecule has 1 aliphatic carbocycles.